The first kappa shape index (κ1) is 16.0. The molecule has 1 amide bonds. The highest BCUT2D eigenvalue weighted by Crippen LogP contribution is 2.33. The molecular weight excluding hydrogens is 262 g/mol. The van der Waals surface area contributed by atoms with Gasteiger partial charge in [-0.25, -0.2) is 0 Å². The maximum absolute atomic E-state index is 12.2. The lowest BCUT2D eigenvalue weighted by Crippen LogP contribution is -2.33. The Morgan fingerprint density at radius 2 is 2.10 bits per heavy atom. The molecule has 3 N–H and O–H groups in total. The molecule has 0 spiro atoms. The maximum Gasteiger partial charge on any atom is 0.238 e. The van der Waals surface area contributed by atoms with Crippen LogP contribution in [0.1, 0.15) is 32.8 Å². The van der Waals surface area contributed by atoms with Crippen molar-refractivity contribution in [2.45, 2.75) is 33.7 Å². The lowest BCUT2D eigenvalue weighted by Gasteiger charge is -2.27. The monoisotopic (exact) mass is 289 g/mol. The third kappa shape index (κ3) is 4.29. The van der Waals surface area contributed by atoms with Crippen molar-refractivity contribution < 1.29 is 4.79 Å². The molecule has 2 rings (SSSR count). The average Bonchev–Trinajstić information content (AvgIpc) is 2.87. The van der Waals surface area contributed by atoms with E-state index in [1.54, 1.807) is 0 Å². The van der Waals surface area contributed by atoms with Gasteiger partial charge in [-0.2, -0.15) is 0 Å². The van der Waals surface area contributed by atoms with Crippen LogP contribution in [0.15, 0.2) is 24.3 Å². The van der Waals surface area contributed by atoms with Crippen molar-refractivity contribution in [2.24, 2.45) is 17.1 Å². The Labute approximate surface area is 127 Å². The Bertz CT molecular complexity index is 493. The molecule has 0 saturated carbocycles. The van der Waals surface area contributed by atoms with E-state index in [1.807, 2.05) is 24.3 Å². The zero-order valence-electron chi connectivity index (χ0n) is 13.4. The molecule has 0 aliphatic carbocycles. The Morgan fingerprint density at radius 1 is 1.38 bits per heavy atom. The summed E-state index contributed by atoms with van der Waals surface area (Å²) in [5.74, 6) is 0.715. The molecule has 0 bridgehead atoms. The minimum Gasteiger partial charge on any atom is -0.326 e. The fraction of sp³-hybridized carbons (Fsp3) is 0.588. The second-order valence-corrected chi connectivity index (χ2v) is 7.00. The summed E-state index contributed by atoms with van der Waals surface area (Å²) in [5, 5.41) is 2.98. The highest BCUT2D eigenvalue weighted by atomic mass is 16.2. The molecular formula is C17H27N3O. The number of hydrogen-bond donors (Lipinski definition) is 2. The molecule has 1 aromatic carbocycles. The first-order chi connectivity index (χ1) is 9.90. The molecule has 4 heteroatoms. The van der Waals surface area contributed by atoms with Crippen molar-refractivity contribution >= 4 is 11.6 Å². The van der Waals surface area contributed by atoms with Crippen LogP contribution < -0.4 is 11.1 Å². The number of nitrogens with two attached hydrogens (primary N) is 1. The summed E-state index contributed by atoms with van der Waals surface area (Å²) < 4.78 is 0. The van der Waals surface area contributed by atoms with Gasteiger partial charge in [-0.3, -0.25) is 9.69 Å². The molecule has 1 fully saturated rings. The number of para-hydroxylation sites is 1. The van der Waals surface area contributed by atoms with Gasteiger partial charge in [-0.15, -0.1) is 0 Å². The van der Waals surface area contributed by atoms with E-state index in [4.69, 9.17) is 5.73 Å². The smallest absolute Gasteiger partial charge is 0.238 e. The Hall–Kier alpha value is -1.39. The van der Waals surface area contributed by atoms with E-state index in [-0.39, 0.29) is 5.91 Å². The third-order valence-corrected chi connectivity index (χ3v) is 4.38. The van der Waals surface area contributed by atoms with Gasteiger partial charge in [0.25, 0.3) is 0 Å². The second kappa shape index (κ2) is 6.58. The fourth-order valence-corrected chi connectivity index (χ4v) is 2.90. The molecule has 116 valence electrons. The van der Waals surface area contributed by atoms with Gasteiger partial charge in [-0.05, 0) is 35.9 Å². The lowest BCUT2D eigenvalue weighted by atomic mass is 9.80. The van der Waals surface area contributed by atoms with Crippen LogP contribution in [-0.2, 0) is 11.3 Å². The number of nitrogens with one attached hydrogen (secondary N) is 1. The van der Waals surface area contributed by atoms with Gasteiger partial charge in [0.05, 0.1) is 6.54 Å². The first-order valence-corrected chi connectivity index (χ1v) is 7.70. The quantitative estimate of drug-likeness (QED) is 0.895. The van der Waals surface area contributed by atoms with Gasteiger partial charge in [-0.1, -0.05) is 39.0 Å². The Kier molecular flexibility index (Phi) is 5.01. The molecule has 0 radical (unpaired) electrons. The van der Waals surface area contributed by atoms with Crippen molar-refractivity contribution in [3.05, 3.63) is 29.8 Å². The van der Waals surface area contributed by atoms with E-state index in [1.165, 1.54) is 6.42 Å². The van der Waals surface area contributed by atoms with Crippen LogP contribution in [0.5, 0.6) is 0 Å². The molecule has 1 aromatic rings. The summed E-state index contributed by atoms with van der Waals surface area (Å²) in [7, 11) is 0. The van der Waals surface area contributed by atoms with E-state index in [0.717, 1.165) is 24.3 Å². The van der Waals surface area contributed by atoms with E-state index >= 15 is 0 Å². The number of likely N-dealkylation sites (tertiary alicyclic amines) is 1. The molecule has 1 aliphatic rings. The number of hydrogen-bond acceptors (Lipinski definition) is 3. The summed E-state index contributed by atoms with van der Waals surface area (Å²) in [6.45, 7) is 9.75. The van der Waals surface area contributed by atoms with Crippen LogP contribution in [-0.4, -0.2) is 30.4 Å². The van der Waals surface area contributed by atoms with Crippen LogP contribution in [0.4, 0.5) is 5.69 Å². The average molecular weight is 289 g/mol. The van der Waals surface area contributed by atoms with Gasteiger partial charge in [0, 0.05) is 18.8 Å². The number of rotatable bonds is 4. The number of nitrogens with zero attached hydrogens (tertiary/aromatic N) is 1. The van der Waals surface area contributed by atoms with E-state index in [9.17, 15) is 4.79 Å². The zero-order valence-corrected chi connectivity index (χ0v) is 13.4. The number of amides is 1. The molecule has 21 heavy (non-hydrogen) atoms. The van der Waals surface area contributed by atoms with Crippen molar-refractivity contribution in [2.75, 3.05) is 25.0 Å². The molecule has 1 saturated heterocycles. The first-order valence-electron chi connectivity index (χ1n) is 7.70. The molecule has 1 heterocycles. The SMILES string of the molecule is CC(C)(C)C1CCN(CC(=O)Nc2ccccc2CN)C1. The van der Waals surface area contributed by atoms with Gasteiger partial charge in [0.15, 0.2) is 0 Å². The van der Waals surface area contributed by atoms with Crippen molar-refractivity contribution in [1.82, 2.24) is 4.90 Å². The number of carbonyl (C=O) groups is 1. The fourth-order valence-electron chi connectivity index (χ4n) is 2.90. The topological polar surface area (TPSA) is 58.4 Å². The normalized spacial score (nSPS) is 19.7. The Morgan fingerprint density at radius 3 is 2.71 bits per heavy atom. The second-order valence-electron chi connectivity index (χ2n) is 7.00. The summed E-state index contributed by atoms with van der Waals surface area (Å²) in [6, 6.07) is 7.70. The minimum atomic E-state index is 0.0467. The van der Waals surface area contributed by atoms with E-state index in [2.05, 4.69) is 31.0 Å². The summed E-state index contributed by atoms with van der Waals surface area (Å²) >= 11 is 0. The number of benzene rings is 1. The highest BCUT2D eigenvalue weighted by Gasteiger charge is 2.32. The zero-order chi connectivity index (χ0) is 15.5. The van der Waals surface area contributed by atoms with Crippen LogP contribution in [0.3, 0.4) is 0 Å². The molecule has 0 aromatic heterocycles. The van der Waals surface area contributed by atoms with Gasteiger partial charge >= 0.3 is 0 Å². The summed E-state index contributed by atoms with van der Waals surface area (Å²) in [5.41, 5.74) is 7.81. The predicted molar refractivity (Wildman–Crippen MR) is 87.0 cm³/mol. The third-order valence-electron chi connectivity index (χ3n) is 4.38. The molecule has 1 atom stereocenters. The van der Waals surface area contributed by atoms with Gasteiger partial charge < -0.3 is 11.1 Å². The molecule has 1 aliphatic heterocycles. The minimum absolute atomic E-state index is 0.0467. The number of anilines is 1. The predicted octanol–water partition coefficient (Wildman–Crippen LogP) is 2.45. The van der Waals surface area contributed by atoms with Crippen molar-refractivity contribution in [1.29, 1.82) is 0 Å². The largest absolute Gasteiger partial charge is 0.326 e. The highest BCUT2D eigenvalue weighted by molar-refractivity contribution is 5.93. The molecule has 1 unspecified atom stereocenters. The van der Waals surface area contributed by atoms with Crippen molar-refractivity contribution in [3.8, 4) is 0 Å². The lowest BCUT2D eigenvalue weighted by molar-refractivity contribution is -0.117. The summed E-state index contributed by atoms with van der Waals surface area (Å²) in [6.07, 6.45) is 1.18. The van der Waals surface area contributed by atoms with Gasteiger partial charge in [0.2, 0.25) is 5.91 Å². The summed E-state index contributed by atoms with van der Waals surface area (Å²) in [4.78, 5) is 14.4. The van der Waals surface area contributed by atoms with E-state index in [0.29, 0.717) is 24.4 Å². The van der Waals surface area contributed by atoms with Crippen LogP contribution in [0, 0.1) is 11.3 Å². The van der Waals surface area contributed by atoms with Crippen molar-refractivity contribution in [3.63, 3.8) is 0 Å². The number of carbonyl (C=O) groups excluding carboxylic acids is 1. The van der Waals surface area contributed by atoms with Crippen LogP contribution in [0.25, 0.3) is 0 Å². The maximum atomic E-state index is 12.2. The van der Waals surface area contributed by atoms with Crippen LogP contribution in [0.2, 0.25) is 0 Å². The molecule has 4 nitrogen and oxygen atoms in total. The van der Waals surface area contributed by atoms with Gasteiger partial charge in [0.1, 0.15) is 0 Å². The standard InChI is InChI=1S/C17H27N3O/c1-17(2,3)14-8-9-20(11-14)12-16(21)19-15-7-5-4-6-13(15)10-18/h4-7,14H,8-12,18H2,1-3H3,(H,19,21). The van der Waals surface area contributed by atoms with E-state index < -0.39 is 0 Å². The Balaban J connectivity index is 1.88. The van der Waals surface area contributed by atoms with Crippen LogP contribution >= 0.6 is 0 Å².